The summed E-state index contributed by atoms with van der Waals surface area (Å²) in [4.78, 5) is 16.6. The topological polar surface area (TPSA) is 46.9 Å². The number of benzene rings is 2. The number of imidazole rings is 1. The summed E-state index contributed by atoms with van der Waals surface area (Å²) in [7, 11) is 0. The lowest BCUT2D eigenvalue weighted by Crippen LogP contribution is -2.14. The van der Waals surface area contributed by atoms with Crippen molar-refractivity contribution in [3.63, 3.8) is 0 Å². The average molecular weight is 372 g/mol. The quantitative estimate of drug-likeness (QED) is 0.650. The Morgan fingerprint density at radius 2 is 2.04 bits per heavy atom. The maximum atomic E-state index is 12.2. The molecule has 0 unspecified atom stereocenters. The molecule has 0 bridgehead atoms. The largest absolute Gasteiger partial charge is 0.325 e. The number of carbonyl (C=O) groups excluding carboxylic acids is 1. The number of halogens is 1. The van der Waals surface area contributed by atoms with Gasteiger partial charge in [-0.25, -0.2) is 4.98 Å². The van der Waals surface area contributed by atoms with Crippen LogP contribution in [0, 0.1) is 13.8 Å². The zero-order valence-corrected chi connectivity index (χ0v) is 15.6. The third-order valence-electron chi connectivity index (χ3n) is 3.88. The van der Waals surface area contributed by atoms with Crippen molar-refractivity contribution in [1.82, 2.24) is 9.55 Å². The molecule has 0 saturated heterocycles. The minimum atomic E-state index is -0.0946. The molecular weight excluding hydrogens is 354 g/mol. The SMILES string of the molecule is Cc1cccc(-n2ccnc2SCC(=O)Nc2cccc(Cl)c2)c1C. The van der Waals surface area contributed by atoms with Crippen molar-refractivity contribution in [3.8, 4) is 5.69 Å². The molecule has 0 aliphatic heterocycles. The van der Waals surface area contributed by atoms with Gasteiger partial charge >= 0.3 is 0 Å². The molecule has 0 spiro atoms. The average Bonchev–Trinajstić information content (AvgIpc) is 3.04. The van der Waals surface area contributed by atoms with E-state index >= 15 is 0 Å². The standard InChI is InChI=1S/C19H18ClN3OS/c1-13-5-3-8-17(14(13)2)23-10-9-21-19(23)25-12-18(24)22-16-7-4-6-15(20)11-16/h3-11H,12H2,1-2H3,(H,22,24). The van der Waals surface area contributed by atoms with Gasteiger partial charge in [-0.3, -0.25) is 9.36 Å². The Morgan fingerprint density at radius 3 is 2.84 bits per heavy atom. The number of rotatable bonds is 5. The highest BCUT2D eigenvalue weighted by Gasteiger charge is 2.11. The van der Waals surface area contributed by atoms with E-state index in [2.05, 4.69) is 36.3 Å². The molecule has 128 valence electrons. The molecule has 1 amide bonds. The summed E-state index contributed by atoms with van der Waals surface area (Å²) in [5, 5.41) is 4.22. The van der Waals surface area contributed by atoms with Crippen molar-refractivity contribution in [3.05, 3.63) is 71.0 Å². The number of hydrogen-bond donors (Lipinski definition) is 1. The third kappa shape index (κ3) is 4.24. The molecule has 0 atom stereocenters. The van der Waals surface area contributed by atoms with Crippen molar-refractivity contribution in [2.75, 3.05) is 11.1 Å². The number of aromatic nitrogens is 2. The second-order valence-electron chi connectivity index (χ2n) is 5.65. The number of anilines is 1. The van der Waals surface area contributed by atoms with Gasteiger partial charge in [0.2, 0.25) is 5.91 Å². The Labute approximate surface area is 156 Å². The summed E-state index contributed by atoms with van der Waals surface area (Å²) in [6.07, 6.45) is 3.66. The molecule has 3 aromatic rings. The lowest BCUT2D eigenvalue weighted by molar-refractivity contribution is -0.113. The van der Waals surface area contributed by atoms with Crippen LogP contribution in [0.2, 0.25) is 5.02 Å². The third-order valence-corrected chi connectivity index (χ3v) is 5.09. The number of amides is 1. The van der Waals surface area contributed by atoms with E-state index in [1.165, 1.54) is 22.9 Å². The number of carbonyl (C=O) groups is 1. The monoisotopic (exact) mass is 371 g/mol. The second kappa shape index (κ2) is 7.76. The van der Waals surface area contributed by atoms with E-state index in [4.69, 9.17) is 11.6 Å². The molecule has 0 radical (unpaired) electrons. The molecule has 25 heavy (non-hydrogen) atoms. The van der Waals surface area contributed by atoms with E-state index in [0.29, 0.717) is 10.7 Å². The fourth-order valence-corrected chi connectivity index (χ4v) is 3.43. The summed E-state index contributed by atoms with van der Waals surface area (Å²) in [5.41, 5.74) is 4.19. The van der Waals surface area contributed by atoms with Gasteiger partial charge in [-0.15, -0.1) is 0 Å². The van der Waals surface area contributed by atoms with E-state index in [1.54, 1.807) is 24.4 Å². The van der Waals surface area contributed by atoms with Gasteiger partial charge in [0.15, 0.2) is 5.16 Å². The molecule has 2 aromatic carbocycles. The predicted molar refractivity (Wildman–Crippen MR) is 104 cm³/mol. The Hall–Kier alpha value is -2.24. The van der Waals surface area contributed by atoms with Crippen LogP contribution < -0.4 is 5.32 Å². The van der Waals surface area contributed by atoms with Crippen LogP contribution in [0.25, 0.3) is 5.69 Å². The molecule has 6 heteroatoms. The highest BCUT2D eigenvalue weighted by molar-refractivity contribution is 7.99. The molecule has 0 aliphatic carbocycles. The van der Waals surface area contributed by atoms with Crippen LogP contribution in [0.5, 0.6) is 0 Å². The molecule has 1 N–H and O–H groups in total. The Bertz CT molecular complexity index is 907. The fourth-order valence-electron chi connectivity index (χ4n) is 2.47. The highest BCUT2D eigenvalue weighted by atomic mass is 35.5. The van der Waals surface area contributed by atoms with Crippen LogP contribution in [-0.2, 0) is 4.79 Å². The van der Waals surface area contributed by atoms with Crippen LogP contribution >= 0.6 is 23.4 Å². The summed E-state index contributed by atoms with van der Waals surface area (Å²) >= 11 is 7.33. The van der Waals surface area contributed by atoms with Gasteiger partial charge in [0, 0.05) is 23.1 Å². The summed E-state index contributed by atoms with van der Waals surface area (Å²) in [5.74, 6) is 0.178. The molecule has 0 fully saturated rings. The fraction of sp³-hybridized carbons (Fsp3) is 0.158. The smallest absolute Gasteiger partial charge is 0.234 e. The van der Waals surface area contributed by atoms with Crippen LogP contribution in [0.3, 0.4) is 0 Å². The Balaban J connectivity index is 1.69. The number of hydrogen-bond acceptors (Lipinski definition) is 3. The van der Waals surface area contributed by atoms with Crippen molar-refractivity contribution < 1.29 is 4.79 Å². The maximum Gasteiger partial charge on any atom is 0.234 e. The molecule has 0 saturated carbocycles. The molecule has 1 heterocycles. The highest BCUT2D eigenvalue weighted by Crippen LogP contribution is 2.24. The van der Waals surface area contributed by atoms with Gasteiger partial charge < -0.3 is 5.32 Å². The first-order valence-electron chi connectivity index (χ1n) is 7.83. The first-order valence-corrected chi connectivity index (χ1v) is 9.19. The van der Waals surface area contributed by atoms with E-state index in [1.807, 2.05) is 22.9 Å². The predicted octanol–water partition coefficient (Wildman–Crippen LogP) is 4.87. The summed E-state index contributed by atoms with van der Waals surface area (Å²) in [6.45, 7) is 4.17. The Morgan fingerprint density at radius 1 is 1.24 bits per heavy atom. The van der Waals surface area contributed by atoms with Crippen LogP contribution in [-0.4, -0.2) is 21.2 Å². The van der Waals surface area contributed by atoms with Crippen LogP contribution in [0.4, 0.5) is 5.69 Å². The normalized spacial score (nSPS) is 10.7. The number of thioether (sulfide) groups is 1. The van der Waals surface area contributed by atoms with Crippen LogP contribution in [0.1, 0.15) is 11.1 Å². The van der Waals surface area contributed by atoms with Gasteiger partial charge in [-0.05, 0) is 49.2 Å². The van der Waals surface area contributed by atoms with Gasteiger partial charge in [-0.2, -0.15) is 0 Å². The molecule has 3 rings (SSSR count). The summed E-state index contributed by atoms with van der Waals surface area (Å²) in [6, 6.07) is 13.3. The van der Waals surface area contributed by atoms with Crippen molar-refractivity contribution >= 4 is 35.0 Å². The zero-order valence-electron chi connectivity index (χ0n) is 14.0. The number of aryl methyl sites for hydroxylation is 1. The lowest BCUT2D eigenvalue weighted by Gasteiger charge is -2.12. The van der Waals surface area contributed by atoms with Gasteiger partial charge in [-0.1, -0.05) is 41.6 Å². The van der Waals surface area contributed by atoms with E-state index in [-0.39, 0.29) is 11.7 Å². The van der Waals surface area contributed by atoms with Crippen molar-refractivity contribution in [2.45, 2.75) is 19.0 Å². The number of nitrogens with zero attached hydrogens (tertiary/aromatic N) is 2. The molecule has 4 nitrogen and oxygen atoms in total. The maximum absolute atomic E-state index is 12.2. The minimum absolute atomic E-state index is 0.0946. The first-order chi connectivity index (χ1) is 12.0. The number of nitrogens with one attached hydrogen (secondary N) is 1. The van der Waals surface area contributed by atoms with Crippen molar-refractivity contribution in [1.29, 1.82) is 0 Å². The summed E-state index contributed by atoms with van der Waals surface area (Å²) < 4.78 is 2.01. The second-order valence-corrected chi connectivity index (χ2v) is 7.02. The van der Waals surface area contributed by atoms with Crippen molar-refractivity contribution in [2.24, 2.45) is 0 Å². The zero-order chi connectivity index (χ0) is 17.8. The lowest BCUT2D eigenvalue weighted by atomic mass is 10.1. The van der Waals surface area contributed by atoms with Gasteiger partial charge in [0.1, 0.15) is 0 Å². The first kappa shape index (κ1) is 17.6. The molecular formula is C19H18ClN3OS. The minimum Gasteiger partial charge on any atom is -0.325 e. The Kier molecular flexibility index (Phi) is 5.46. The van der Waals surface area contributed by atoms with Gasteiger partial charge in [0.25, 0.3) is 0 Å². The molecule has 0 aliphatic rings. The van der Waals surface area contributed by atoms with Crippen LogP contribution in [0.15, 0.2) is 60.0 Å². The van der Waals surface area contributed by atoms with E-state index in [0.717, 1.165) is 10.8 Å². The van der Waals surface area contributed by atoms with E-state index in [9.17, 15) is 4.79 Å². The van der Waals surface area contributed by atoms with Gasteiger partial charge in [0.05, 0.1) is 11.4 Å². The molecule has 1 aromatic heterocycles. The van der Waals surface area contributed by atoms with E-state index < -0.39 is 0 Å².